The van der Waals surface area contributed by atoms with Crippen LogP contribution in [0.1, 0.15) is 30.9 Å². The predicted octanol–water partition coefficient (Wildman–Crippen LogP) is 5.47. The van der Waals surface area contributed by atoms with E-state index in [0.717, 1.165) is 47.0 Å². The summed E-state index contributed by atoms with van der Waals surface area (Å²) < 4.78 is 5.46. The molecule has 0 aliphatic rings. The van der Waals surface area contributed by atoms with Crippen molar-refractivity contribution in [3.8, 4) is 17.0 Å². The molecule has 5 heteroatoms. The third-order valence-electron chi connectivity index (χ3n) is 4.55. The molecule has 26 heavy (non-hydrogen) atoms. The molecule has 0 saturated heterocycles. The molecule has 136 valence electrons. The highest BCUT2D eigenvalue weighted by molar-refractivity contribution is 6.31. The van der Waals surface area contributed by atoms with Crippen molar-refractivity contribution in [3.05, 3.63) is 52.5 Å². The average molecular weight is 372 g/mol. The summed E-state index contributed by atoms with van der Waals surface area (Å²) in [5.74, 6) is -0.217. The van der Waals surface area contributed by atoms with E-state index in [1.165, 1.54) is 5.56 Å². The van der Waals surface area contributed by atoms with Crippen LogP contribution < -0.4 is 4.74 Å². The molecule has 0 amide bonds. The number of unbranched alkanes of at least 4 members (excludes halogenated alkanes) is 1. The second-order valence-corrected chi connectivity index (χ2v) is 6.81. The topological polar surface area (TPSA) is 62.3 Å². The van der Waals surface area contributed by atoms with Crippen molar-refractivity contribution in [2.45, 2.75) is 32.6 Å². The van der Waals surface area contributed by atoms with Gasteiger partial charge in [-0.05, 0) is 54.3 Å². The summed E-state index contributed by atoms with van der Waals surface area (Å²) >= 11 is 6.18. The highest BCUT2D eigenvalue weighted by Gasteiger charge is 2.19. The number of hydrogen-bond donors (Lipinski definition) is 2. The van der Waals surface area contributed by atoms with Gasteiger partial charge in [-0.3, -0.25) is 4.79 Å². The van der Waals surface area contributed by atoms with Crippen molar-refractivity contribution in [1.82, 2.24) is 4.98 Å². The summed E-state index contributed by atoms with van der Waals surface area (Å²) in [6.45, 7) is 2.16. The van der Waals surface area contributed by atoms with Gasteiger partial charge in [-0.1, -0.05) is 31.0 Å². The van der Waals surface area contributed by atoms with E-state index in [0.29, 0.717) is 10.8 Å². The molecule has 0 aliphatic carbocycles. The Morgan fingerprint density at radius 1 is 1.23 bits per heavy atom. The Bertz CT molecular complexity index is 946. The highest BCUT2D eigenvalue weighted by Crippen LogP contribution is 2.38. The molecule has 0 spiro atoms. The number of methoxy groups -OCH3 is 1. The van der Waals surface area contributed by atoms with Crippen LogP contribution in [0, 0.1) is 0 Å². The van der Waals surface area contributed by atoms with Crippen LogP contribution in [0.5, 0.6) is 5.75 Å². The van der Waals surface area contributed by atoms with Crippen molar-refractivity contribution >= 4 is 28.5 Å². The molecule has 0 radical (unpaired) electrons. The smallest absolute Gasteiger partial charge is 0.307 e. The fourth-order valence-electron chi connectivity index (χ4n) is 3.27. The zero-order chi connectivity index (χ0) is 18.7. The first-order valence-corrected chi connectivity index (χ1v) is 9.10. The van der Waals surface area contributed by atoms with Gasteiger partial charge in [0.2, 0.25) is 0 Å². The Balaban J connectivity index is 2.21. The van der Waals surface area contributed by atoms with Gasteiger partial charge in [-0.2, -0.15) is 0 Å². The van der Waals surface area contributed by atoms with Gasteiger partial charge in [-0.25, -0.2) is 0 Å². The third-order valence-corrected chi connectivity index (χ3v) is 4.78. The number of aromatic amines is 1. The summed E-state index contributed by atoms with van der Waals surface area (Å²) in [6, 6.07) is 11.6. The van der Waals surface area contributed by atoms with Gasteiger partial charge in [0.25, 0.3) is 0 Å². The van der Waals surface area contributed by atoms with E-state index in [1.807, 2.05) is 6.07 Å². The highest BCUT2D eigenvalue weighted by atomic mass is 35.5. The van der Waals surface area contributed by atoms with E-state index in [1.54, 1.807) is 25.3 Å². The quantitative estimate of drug-likeness (QED) is 0.579. The zero-order valence-electron chi connectivity index (χ0n) is 14.9. The Hall–Kier alpha value is -2.46. The molecule has 0 aliphatic heterocycles. The molecular formula is C21H22ClNO3. The van der Waals surface area contributed by atoms with Crippen LogP contribution in [-0.4, -0.2) is 23.2 Å². The van der Waals surface area contributed by atoms with E-state index >= 15 is 0 Å². The van der Waals surface area contributed by atoms with Crippen molar-refractivity contribution in [3.63, 3.8) is 0 Å². The molecule has 2 aromatic carbocycles. The first-order chi connectivity index (χ1) is 12.5. The standard InChI is InChI=1S/C21H22ClNO3/c1-3-4-5-13-6-8-18-15(10-13)16(12-20(24)25)21(23-18)17-11-14(22)7-9-19(17)26-2/h6-11,23H,3-5,12H2,1-2H3,(H,24,25). The molecule has 0 fully saturated rings. The molecule has 3 aromatic rings. The third kappa shape index (κ3) is 3.70. The van der Waals surface area contributed by atoms with Gasteiger partial charge < -0.3 is 14.8 Å². The minimum atomic E-state index is -0.868. The Labute approximate surface area is 157 Å². The molecule has 0 atom stereocenters. The van der Waals surface area contributed by atoms with Crippen LogP contribution in [0.3, 0.4) is 0 Å². The fraction of sp³-hybridized carbons (Fsp3) is 0.286. The molecule has 0 saturated carbocycles. The SMILES string of the molecule is CCCCc1ccc2[nH]c(-c3cc(Cl)ccc3OC)c(CC(=O)O)c2c1. The zero-order valence-corrected chi connectivity index (χ0v) is 15.7. The first kappa shape index (κ1) is 18.3. The van der Waals surface area contributed by atoms with Crippen molar-refractivity contribution in [2.24, 2.45) is 0 Å². The maximum Gasteiger partial charge on any atom is 0.307 e. The van der Waals surface area contributed by atoms with Crippen LogP contribution in [-0.2, 0) is 17.6 Å². The lowest BCUT2D eigenvalue weighted by atomic mass is 9.99. The predicted molar refractivity (Wildman–Crippen MR) is 105 cm³/mol. The summed E-state index contributed by atoms with van der Waals surface area (Å²) in [5.41, 5.74) is 4.40. The van der Waals surface area contributed by atoms with E-state index < -0.39 is 5.97 Å². The van der Waals surface area contributed by atoms with Crippen molar-refractivity contribution in [2.75, 3.05) is 7.11 Å². The van der Waals surface area contributed by atoms with Crippen LogP contribution >= 0.6 is 11.6 Å². The summed E-state index contributed by atoms with van der Waals surface area (Å²) in [5, 5.41) is 11.0. The lowest BCUT2D eigenvalue weighted by Gasteiger charge is -2.09. The minimum absolute atomic E-state index is 0.0672. The number of hydrogen-bond acceptors (Lipinski definition) is 2. The van der Waals surface area contributed by atoms with E-state index in [9.17, 15) is 9.90 Å². The number of carbonyl (C=O) groups is 1. The number of carboxylic acids is 1. The largest absolute Gasteiger partial charge is 0.496 e. The second-order valence-electron chi connectivity index (χ2n) is 6.38. The van der Waals surface area contributed by atoms with Crippen LogP contribution in [0.2, 0.25) is 5.02 Å². The lowest BCUT2D eigenvalue weighted by molar-refractivity contribution is -0.136. The van der Waals surface area contributed by atoms with Crippen LogP contribution in [0.15, 0.2) is 36.4 Å². The number of aromatic nitrogens is 1. The number of fused-ring (bicyclic) bond motifs is 1. The number of halogens is 1. The van der Waals surface area contributed by atoms with Gasteiger partial charge in [0.15, 0.2) is 0 Å². The van der Waals surface area contributed by atoms with Gasteiger partial charge in [-0.15, -0.1) is 0 Å². The second kappa shape index (κ2) is 7.83. The molecule has 3 rings (SSSR count). The normalized spacial score (nSPS) is 11.0. The van der Waals surface area contributed by atoms with E-state index in [4.69, 9.17) is 16.3 Å². The monoisotopic (exact) mass is 371 g/mol. The molecule has 0 bridgehead atoms. The van der Waals surface area contributed by atoms with Crippen LogP contribution in [0.25, 0.3) is 22.2 Å². The number of ether oxygens (including phenoxy) is 1. The number of aliphatic carboxylic acids is 1. The summed E-state index contributed by atoms with van der Waals surface area (Å²) in [7, 11) is 1.59. The molecule has 1 aromatic heterocycles. The lowest BCUT2D eigenvalue weighted by Crippen LogP contribution is -2.01. The van der Waals surface area contributed by atoms with Gasteiger partial charge in [0, 0.05) is 21.5 Å². The number of nitrogens with one attached hydrogen (secondary N) is 1. The number of H-pyrrole nitrogens is 1. The Morgan fingerprint density at radius 2 is 2.04 bits per heavy atom. The molecule has 2 N–H and O–H groups in total. The maximum absolute atomic E-state index is 11.5. The van der Waals surface area contributed by atoms with Crippen molar-refractivity contribution < 1.29 is 14.6 Å². The molecule has 4 nitrogen and oxygen atoms in total. The molecule has 0 unspecified atom stereocenters. The van der Waals surface area contributed by atoms with Crippen LogP contribution in [0.4, 0.5) is 0 Å². The fourth-order valence-corrected chi connectivity index (χ4v) is 3.44. The molecular weight excluding hydrogens is 350 g/mol. The molecule has 1 heterocycles. The minimum Gasteiger partial charge on any atom is -0.496 e. The average Bonchev–Trinajstić information content (AvgIpc) is 2.97. The first-order valence-electron chi connectivity index (χ1n) is 8.72. The number of carboxylic acid groups (broad SMARTS) is 1. The van der Waals surface area contributed by atoms with Gasteiger partial charge in [0.1, 0.15) is 5.75 Å². The number of rotatable bonds is 7. The van der Waals surface area contributed by atoms with E-state index in [-0.39, 0.29) is 6.42 Å². The Morgan fingerprint density at radius 3 is 2.73 bits per heavy atom. The van der Waals surface area contributed by atoms with E-state index in [2.05, 4.69) is 24.0 Å². The Kier molecular flexibility index (Phi) is 5.52. The van der Waals surface area contributed by atoms with Gasteiger partial charge >= 0.3 is 5.97 Å². The maximum atomic E-state index is 11.5. The summed E-state index contributed by atoms with van der Waals surface area (Å²) in [4.78, 5) is 14.9. The number of benzene rings is 2. The van der Waals surface area contributed by atoms with Crippen molar-refractivity contribution in [1.29, 1.82) is 0 Å². The number of aryl methyl sites for hydroxylation is 1. The summed E-state index contributed by atoms with van der Waals surface area (Å²) in [6.07, 6.45) is 3.15. The van der Waals surface area contributed by atoms with Gasteiger partial charge in [0.05, 0.1) is 19.2 Å².